The maximum absolute atomic E-state index is 11.5. The number of hydrogen-bond donors (Lipinski definition) is 0. The number of hydrogen-bond acceptors (Lipinski definition) is 2. The Morgan fingerprint density at radius 1 is 0.933 bits per heavy atom. The number of nitrogens with zero attached hydrogens (tertiary/aromatic N) is 2. The Labute approximate surface area is 88.5 Å². The molecule has 0 aromatic heterocycles. The number of allylic oxidation sites excluding steroid dienone is 1. The summed E-state index contributed by atoms with van der Waals surface area (Å²) in [5.41, 5.74) is 4.53. The Morgan fingerprint density at radius 3 is 2.00 bits per heavy atom. The molecule has 0 saturated heterocycles. The number of azo groups is 1. The lowest BCUT2D eigenvalue weighted by Crippen LogP contribution is -1.96. The molecule has 1 heterocycles. The second kappa shape index (κ2) is 3.42. The van der Waals surface area contributed by atoms with Crippen LogP contribution in [0, 0.1) is 13.8 Å². The fraction of sp³-hybridized carbons (Fsp3) is 0.250. The van der Waals surface area contributed by atoms with Gasteiger partial charge in [0.2, 0.25) is 0 Å². The highest BCUT2D eigenvalue weighted by molar-refractivity contribution is 6.22. The monoisotopic (exact) mass is 200 g/mol. The molecule has 0 saturated carbocycles. The smallest absolute Gasteiger partial charge is 0.265 e. The lowest BCUT2D eigenvalue weighted by Gasteiger charge is -2.04. The summed E-state index contributed by atoms with van der Waals surface area (Å²) < 4.78 is 0. The fourth-order valence-electron chi connectivity index (χ4n) is 1.83. The maximum Gasteiger partial charge on any atom is 0.297 e. The first-order valence-corrected chi connectivity index (χ1v) is 4.83. The van der Waals surface area contributed by atoms with Gasteiger partial charge in [-0.2, -0.15) is 5.11 Å². The predicted octanol–water partition coefficient (Wildman–Crippen LogP) is 3.03. The van der Waals surface area contributed by atoms with Crippen LogP contribution >= 0.6 is 0 Å². The van der Waals surface area contributed by atoms with Crippen molar-refractivity contribution in [3.8, 4) is 0 Å². The zero-order valence-corrected chi connectivity index (χ0v) is 9.03. The Hall–Kier alpha value is -1.77. The second-order valence-corrected chi connectivity index (χ2v) is 3.84. The quantitative estimate of drug-likeness (QED) is 0.687. The molecule has 0 N–H and O–H groups in total. The van der Waals surface area contributed by atoms with Gasteiger partial charge in [0.05, 0.1) is 11.3 Å². The lowest BCUT2D eigenvalue weighted by molar-refractivity contribution is -0.112. The molecule has 0 aliphatic carbocycles. The molecule has 1 aliphatic rings. The summed E-state index contributed by atoms with van der Waals surface area (Å²) in [6.45, 7) is 5.83. The van der Waals surface area contributed by atoms with Gasteiger partial charge in [0.25, 0.3) is 5.91 Å². The van der Waals surface area contributed by atoms with E-state index in [1.807, 2.05) is 26.0 Å². The van der Waals surface area contributed by atoms with Gasteiger partial charge in [-0.3, -0.25) is 4.79 Å². The summed E-state index contributed by atoms with van der Waals surface area (Å²) in [7, 11) is 0. The Morgan fingerprint density at radius 2 is 1.53 bits per heavy atom. The minimum Gasteiger partial charge on any atom is -0.265 e. The number of benzene rings is 1. The first kappa shape index (κ1) is 9.77. The number of aryl methyl sites for hydroxylation is 2. The summed E-state index contributed by atoms with van der Waals surface area (Å²) in [6.07, 6.45) is 0. The van der Waals surface area contributed by atoms with E-state index in [-0.39, 0.29) is 5.91 Å². The van der Waals surface area contributed by atoms with Crippen LogP contribution in [-0.4, -0.2) is 5.91 Å². The van der Waals surface area contributed by atoms with Crippen LogP contribution < -0.4 is 0 Å². The zero-order valence-electron chi connectivity index (χ0n) is 9.03. The van der Waals surface area contributed by atoms with E-state index < -0.39 is 0 Å². The van der Waals surface area contributed by atoms with E-state index in [2.05, 4.69) is 16.3 Å². The first-order valence-electron chi connectivity index (χ1n) is 4.83. The lowest BCUT2D eigenvalue weighted by atomic mass is 9.99. The van der Waals surface area contributed by atoms with Crippen molar-refractivity contribution in [3.05, 3.63) is 40.6 Å². The van der Waals surface area contributed by atoms with Crippen LogP contribution in [0.25, 0.3) is 5.57 Å². The van der Waals surface area contributed by atoms with Crippen molar-refractivity contribution >= 4 is 11.5 Å². The summed E-state index contributed by atoms with van der Waals surface area (Å²) in [6, 6.07) is 6.05. The molecule has 0 spiro atoms. The van der Waals surface area contributed by atoms with Crippen molar-refractivity contribution in [2.75, 3.05) is 0 Å². The zero-order chi connectivity index (χ0) is 11.0. The molecule has 1 aliphatic heterocycles. The largest absolute Gasteiger partial charge is 0.297 e. The Balaban J connectivity index is 2.56. The van der Waals surface area contributed by atoms with E-state index in [1.165, 1.54) is 0 Å². The summed E-state index contributed by atoms with van der Waals surface area (Å²) in [4.78, 5) is 11.5. The van der Waals surface area contributed by atoms with Gasteiger partial charge in [-0.05, 0) is 26.3 Å². The molecule has 1 aromatic rings. The van der Waals surface area contributed by atoms with Crippen molar-refractivity contribution in [3.63, 3.8) is 0 Å². The SMILES string of the molecule is CC1=C(c2cc(C)cc(C)c2)C(=O)N=N1. The van der Waals surface area contributed by atoms with Gasteiger partial charge in [0.15, 0.2) is 0 Å². The highest BCUT2D eigenvalue weighted by Crippen LogP contribution is 2.27. The highest BCUT2D eigenvalue weighted by Gasteiger charge is 2.20. The molecule has 0 atom stereocenters. The molecule has 0 fully saturated rings. The molecule has 76 valence electrons. The number of amides is 1. The Bertz CT molecular complexity index is 478. The van der Waals surface area contributed by atoms with E-state index >= 15 is 0 Å². The van der Waals surface area contributed by atoms with Crippen LogP contribution in [0.2, 0.25) is 0 Å². The van der Waals surface area contributed by atoms with Gasteiger partial charge in [0, 0.05) is 0 Å². The van der Waals surface area contributed by atoms with Gasteiger partial charge in [-0.15, -0.1) is 5.11 Å². The summed E-state index contributed by atoms with van der Waals surface area (Å²) in [5, 5.41) is 7.34. The normalized spacial score (nSPS) is 15.3. The van der Waals surface area contributed by atoms with E-state index in [4.69, 9.17) is 0 Å². The number of carbonyl (C=O) groups excluding carboxylic acids is 1. The Kier molecular flexibility index (Phi) is 2.23. The molecule has 3 nitrogen and oxygen atoms in total. The van der Waals surface area contributed by atoms with E-state index in [9.17, 15) is 4.79 Å². The molecule has 0 radical (unpaired) electrons. The van der Waals surface area contributed by atoms with E-state index in [1.54, 1.807) is 6.92 Å². The highest BCUT2D eigenvalue weighted by atomic mass is 16.2. The predicted molar refractivity (Wildman–Crippen MR) is 58.4 cm³/mol. The number of carbonyl (C=O) groups is 1. The standard InChI is InChI=1S/C12H12N2O/c1-7-4-8(2)6-10(5-7)11-9(3)13-14-12(11)15/h4-6H,1-3H3. The molecule has 0 unspecified atom stereocenters. The molecule has 0 bridgehead atoms. The third kappa shape index (κ3) is 1.73. The average Bonchev–Trinajstić information content (AvgIpc) is 2.44. The average molecular weight is 200 g/mol. The third-order valence-corrected chi connectivity index (χ3v) is 2.38. The van der Waals surface area contributed by atoms with Gasteiger partial charge < -0.3 is 0 Å². The van der Waals surface area contributed by atoms with Crippen molar-refractivity contribution in [1.82, 2.24) is 0 Å². The van der Waals surface area contributed by atoms with Crippen LogP contribution in [0.15, 0.2) is 34.1 Å². The van der Waals surface area contributed by atoms with E-state index in [0.29, 0.717) is 11.3 Å². The van der Waals surface area contributed by atoms with Gasteiger partial charge in [0.1, 0.15) is 0 Å². The van der Waals surface area contributed by atoms with Crippen molar-refractivity contribution in [2.45, 2.75) is 20.8 Å². The van der Waals surface area contributed by atoms with Crippen molar-refractivity contribution in [2.24, 2.45) is 10.2 Å². The minimum atomic E-state index is -0.238. The molecular weight excluding hydrogens is 188 g/mol. The maximum atomic E-state index is 11.5. The topological polar surface area (TPSA) is 41.8 Å². The van der Waals surface area contributed by atoms with Crippen LogP contribution in [-0.2, 0) is 4.79 Å². The molecule has 3 heteroatoms. The number of rotatable bonds is 1. The van der Waals surface area contributed by atoms with Crippen LogP contribution in [0.1, 0.15) is 23.6 Å². The molecular formula is C12H12N2O. The minimum absolute atomic E-state index is 0.238. The summed E-state index contributed by atoms with van der Waals surface area (Å²) in [5.74, 6) is -0.238. The van der Waals surface area contributed by atoms with Gasteiger partial charge in [-0.25, -0.2) is 0 Å². The van der Waals surface area contributed by atoms with Crippen LogP contribution in [0.4, 0.5) is 0 Å². The second-order valence-electron chi connectivity index (χ2n) is 3.84. The van der Waals surface area contributed by atoms with Gasteiger partial charge >= 0.3 is 0 Å². The molecule has 2 rings (SSSR count). The summed E-state index contributed by atoms with van der Waals surface area (Å²) >= 11 is 0. The van der Waals surface area contributed by atoms with Crippen molar-refractivity contribution in [1.29, 1.82) is 0 Å². The van der Waals surface area contributed by atoms with Gasteiger partial charge in [-0.1, -0.05) is 29.3 Å². The molecule has 15 heavy (non-hydrogen) atoms. The van der Waals surface area contributed by atoms with Crippen LogP contribution in [0.5, 0.6) is 0 Å². The molecule has 1 amide bonds. The molecule has 1 aromatic carbocycles. The fourth-order valence-corrected chi connectivity index (χ4v) is 1.83. The van der Waals surface area contributed by atoms with Crippen LogP contribution in [0.3, 0.4) is 0 Å². The van der Waals surface area contributed by atoms with Crippen molar-refractivity contribution < 1.29 is 4.79 Å². The van der Waals surface area contributed by atoms with E-state index in [0.717, 1.165) is 16.7 Å². The first-order chi connectivity index (χ1) is 7.08. The third-order valence-electron chi connectivity index (χ3n) is 2.38.